The third-order valence-electron chi connectivity index (χ3n) is 2.57. The lowest BCUT2D eigenvalue weighted by molar-refractivity contribution is 1.13. The van der Waals surface area contributed by atoms with Crippen molar-refractivity contribution >= 4 is 16.7 Å². The molecule has 16 heavy (non-hydrogen) atoms. The molecule has 0 bridgehead atoms. The van der Waals surface area contributed by atoms with Crippen LogP contribution in [0, 0.1) is 6.92 Å². The van der Waals surface area contributed by atoms with Gasteiger partial charge in [0, 0.05) is 22.8 Å². The minimum Gasteiger partial charge on any atom is -0.382 e. The van der Waals surface area contributed by atoms with Crippen LogP contribution in [0.15, 0.2) is 24.4 Å². The molecule has 4 N–H and O–H groups in total. The molecule has 0 aliphatic rings. The number of nitrogens with one attached hydrogen (secondary N) is 2. The van der Waals surface area contributed by atoms with Crippen LogP contribution in [-0.2, 0) is 0 Å². The Balaban J connectivity index is 2.18. The molecular formula is C11H11N5. The summed E-state index contributed by atoms with van der Waals surface area (Å²) in [7, 11) is 0. The highest BCUT2D eigenvalue weighted by atomic mass is 15.1. The van der Waals surface area contributed by atoms with Gasteiger partial charge in [0.2, 0.25) is 0 Å². The lowest BCUT2D eigenvalue weighted by atomic mass is 10.1. The molecule has 80 valence electrons. The average molecular weight is 213 g/mol. The van der Waals surface area contributed by atoms with E-state index < -0.39 is 0 Å². The number of aromatic amines is 2. The van der Waals surface area contributed by atoms with Crippen molar-refractivity contribution in [2.75, 3.05) is 5.73 Å². The van der Waals surface area contributed by atoms with Gasteiger partial charge >= 0.3 is 0 Å². The number of nitrogen functional groups attached to an aromatic ring is 1. The first-order chi connectivity index (χ1) is 7.74. The Bertz CT molecular complexity index is 649. The number of aryl methyl sites for hydroxylation is 1. The standard InChI is InChI=1S/C11H11N5/c1-6-5-13-11(14-6)7-2-3-8-9(4-7)15-16-10(8)12/h2-5H,1H3,(H,13,14)(H3,12,15,16). The molecule has 0 atom stereocenters. The van der Waals surface area contributed by atoms with Gasteiger partial charge in [0.25, 0.3) is 0 Å². The largest absolute Gasteiger partial charge is 0.382 e. The van der Waals surface area contributed by atoms with E-state index in [1.54, 1.807) is 6.20 Å². The summed E-state index contributed by atoms with van der Waals surface area (Å²) in [6.45, 7) is 1.98. The van der Waals surface area contributed by atoms with E-state index in [9.17, 15) is 0 Å². The van der Waals surface area contributed by atoms with Gasteiger partial charge in [0.1, 0.15) is 5.82 Å². The Kier molecular flexibility index (Phi) is 1.73. The molecule has 2 heterocycles. The van der Waals surface area contributed by atoms with E-state index in [1.165, 1.54) is 0 Å². The van der Waals surface area contributed by atoms with Crippen LogP contribution in [0.2, 0.25) is 0 Å². The fourth-order valence-corrected chi connectivity index (χ4v) is 1.75. The van der Waals surface area contributed by atoms with Gasteiger partial charge in [-0.15, -0.1) is 0 Å². The van der Waals surface area contributed by atoms with E-state index in [1.807, 2.05) is 25.1 Å². The molecule has 5 heteroatoms. The quantitative estimate of drug-likeness (QED) is 0.576. The van der Waals surface area contributed by atoms with Crippen molar-refractivity contribution in [2.24, 2.45) is 0 Å². The van der Waals surface area contributed by atoms with Crippen LogP contribution in [0.3, 0.4) is 0 Å². The Hall–Kier alpha value is -2.30. The maximum atomic E-state index is 5.70. The molecule has 0 amide bonds. The average Bonchev–Trinajstić information content (AvgIpc) is 2.86. The molecule has 2 aromatic heterocycles. The van der Waals surface area contributed by atoms with E-state index in [0.29, 0.717) is 5.82 Å². The van der Waals surface area contributed by atoms with Crippen LogP contribution in [0.5, 0.6) is 0 Å². The smallest absolute Gasteiger partial charge is 0.153 e. The second-order valence-corrected chi connectivity index (χ2v) is 3.78. The summed E-state index contributed by atoms with van der Waals surface area (Å²) >= 11 is 0. The first-order valence-electron chi connectivity index (χ1n) is 4.99. The molecule has 0 saturated heterocycles. The Morgan fingerprint density at radius 1 is 1.31 bits per heavy atom. The summed E-state index contributed by atoms with van der Waals surface area (Å²) < 4.78 is 0. The van der Waals surface area contributed by atoms with Gasteiger partial charge in [0.15, 0.2) is 5.82 Å². The van der Waals surface area contributed by atoms with E-state index >= 15 is 0 Å². The van der Waals surface area contributed by atoms with Gasteiger partial charge in [0.05, 0.1) is 5.52 Å². The highest BCUT2D eigenvalue weighted by Gasteiger charge is 2.06. The molecule has 5 nitrogen and oxygen atoms in total. The second-order valence-electron chi connectivity index (χ2n) is 3.78. The number of imidazole rings is 1. The van der Waals surface area contributed by atoms with E-state index in [0.717, 1.165) is 28.0 Å². The number of aromatic nitrogens is 4. The van der Waals surface area contributed by atoms with Gasteiger partial charge in [-0.1, -0.05) is 6.07 Å². The zero-order chi connectivity index (χ0) is 11.1. The first-order valence-corrected chi connectivity index (χ1v) is 4.99. The third kappa shape index (κ3) is 1.25. The predicted molar refractivity (Wildman–Crippen MR) is 62.8 cm³/mol. The first kappa shape index (κ1) is 8.96. The normalized spacial score (nSPS) is 11.1. The van der Waals surface area contributed by atoms with Crippen molar-refractivity contribution in [3.05, 3.63) is 30.1 Å². The van der Waals surface area contributed by atoms with E-state index in [4.69, 9.17) is 5.73 Å². The fourth-order valence-electron chi connectivity index (χ4n) is 1.75. The molecule has 0 aliphatic heterocycles. The van der Waals surface area contributed by atoms with Crippen LogP contribution < -0.4 is 5.73 Å². The molecule has 0 aliphatic carbocycles. The fraction of sp³-hybridized carbons (Fsp3) is 0.0909. The number of fused-ring (bicyclic) bond motifs is 1. The monoisotopic (exact) mass is 213 g/mol. The van der Waals surface area contributed by atoms with Gasteiger partial charge in [-0.25, -0.2) is 4.98 Å². The van der Waals surface area contributed by atoms with Crippen molar-refractivity contribution in [3.63, 3.8) is 0 Å². The Morgan fingerprint density at radius 3 is 2.94 bits per heavy atom. The van der Waals surface area contributed by atoms with Crippen LogP contribution in [-0.4, -0.2) is 20.2 Å². The summed E-state index contributed by atoms with van der Waals surface area (Å²) in [6.07, 6.45) is 1.81. The van der Waals surface area contributed by atoms with E-state index in [2.05, 4.69) is 20.2 Å². The summed E-state index contributed by atoms with van der Waals surface area (Å²) in [6, 6.07) is 5.91. The van der Waals surface area contributed by atoms with E-state index in [-0.39, 0.29) is 0 Å². The minimum atomic E-state index is 0.525. The molecule has 3 rings (SSSR count). The molecular weight excluding hydrogens is 202 g/mol. The highest BCUT2D eigenvalue weighted by molar-refractivity contribution is 5.91. The number of rotatable bonds is 1. The van der Waals surface area contributed by atoms with Gasteiger partial charge in [-0.2, -0.15) is 5.10 Å². The van der Waals surface area contributed by atoms with Crippen molar-refractivity contribution < 1.29 is 0 Å². The van der Waals surface area contributed by atoms with Gasteiger partial charge in [-0.3, -0.25) is 5.10 Å². The number of nitrogens with zero attached hydrogens (tertiary/aromatic N) is 2. The molecule has 1 aromatic carbocycles. The molecule has 0 saturated carbocycles. The maximum absolute atomic E-state index is 5.70. The number of benzene rings is 1. The van der Waals surface area contributed by atoms with Crippen LogP contribution in [0.4, 0.5) is 5.82 Å². The van der Waals surface area contributed by atoms with Crippen LogP contribution >= 0.6 is 0 Å². The predicted octanol–water partition coefficient (Wildman–Crippen LogP) is 1.84. The number of H-pyrrole nitrogens is 2. The van der Waals surface area contributed by atoms with Crippen molar-refractivity contribution in [1.29, 1.82) is 0 Å². The maximum Gasteiger partial charge on any atom is 0.153 e. The molecule has 3 aromatic rings. The third-order valence-corrected chi connectivity index (χ3v) is 2.57. The van der Waals surface area contributed by atoms with Crippen molar-refractivity contribution in [1.82, 2.24) is 20.2 Å². The van der Waals surface area contributed by atoms with Crippen LogP contribution in [0.25, 0.3) is 22.3 Å². The van der Waals surface area contributed by atoms with Crippen LogP contribution in [0.1, 0.15) is 5.69 Å². The Morgan fingerprint density at radius 2 is 2.19 bits per heavy atom. The summed E-state index contributed by atoms with van der Waals surface area (Å²) in [5.41, 5.74) is 8.68. The molecule has 0 radical (unpaired) electrons. The van der Waals surface area contributed by atoms with Gasteiger partial charge < -0.3 is 10.7 Å². The number of anilines is 1. The Labute approximate surface area is 91.7 Å². The summed E-state index contributed by atoms with van der Waals surface area (Å²) in [4.78, 5) is 7.47. The number of hydrogen-bond donors (Lipinski definition) is 3. The minimum absolute atomic E-state index is 0.525. The zero-order valence-corrected chi connectivity index (χ0v) is 8.78. The summed E-state index contributed by atoms with van der Waals surface area (Å²) in [5, 5.41) is 7.78. The molecule has 0 spiro atoms. The topological polar surface area (TPSA) is 83.4 Å². The van der Waals surface area contributed by atoms with Crippen molar-refractivity contribution in [3.8, 4) is 11.4 Å². The molecule has 0 fully saturated rings. The number of hydrogen-bond acceptors (Lipinski definition) is 3. The SMILES string of the molecule is Cc1cnc(-c2ccc3c(N)n[nH]c3c2)[nH]1. The van der Waals surface area contributed by atoms with Crippen molar-refractivity contribution in [2.45, 2.75) is 6.92 Å². The highest BCUT2D eigenvalue weighted by Crippen LogP contribution is 2.23. The van der Waals surface area contributed by atoms with Gasteiger partial charge in [-0.05, 0) is 19.1 Å². The lowest BCUT2D eigenvalue weighted by Crippen LogP contribution is -1.84. The summed E-state index contributed by atoms with van der Waals surface area (Å²) in [5.74, 6) is 1.38. The zero-order valence-electron chi connectivity index (χ0n) is 8.78. The number of nitrogens with two attached hydrogens (primary N) is 1. The molecule has 0 unspecified atom stereocenters. The second kappa shape index (κ2) is 3.10. The lowest BCUT2D eigenvalue weighted by Gasteiger charge is -1.97.